The molecule has 3 N–H and O–H groups in total. The quantitative estimate of drug-likeness (QED) is 0.465. The van der Waals surface area contributed by atoms with Crippen LogP contribution in [0.15, 0.2) is 48.4 Å². The standard InChI is InChI=1S/C19H18N6O3/c1-11(2)28-14-5-3-13(4-6-14)21-16-7-8-25-17(23-16)12(10-20-25)9-15-18(26)24-19(27)22-15/h3-11H,1-2H3,(H,21,23)(H2,22,24,26,27)/b15-9+. The lowest BCUT2D eigenvalue weighted by Crippen LogP contribution is -2.22. The third-order valence-electron chi connectivity index (χ3n) is 3.91. The van der Waals surface area contributed by atoms with Crippen molar-refractivity contribution in [3.63, 3.8) is 0 Å². The first-order chi connectivity index (χ1) is 13.5. The van der Waals surface area contributed by atoms with Crippen LogP contribution in [0, 0.1) is 0 Å². The second-order valence-corrected chi connectivity index (χ2v) is 6.46. The average Bonchev–Trinajstić information content (AvgIpc) is 3.19. The third kappa shape index (κ3) is 3.63. The van der Waals surface area contributed by atoms with Gasteiger partial charge in [-0.25, -0.2) is 14.3 Å². The highest BCUT2D eigenvalue weighted by molar-refractivity contribution is 6.14. The van der Waals surface area contributed by atoms with Crippen molar-refractivity contribution in [1.29, 1.82) is 0 Å². The first kappa shape index (κ1) is 17.5. The van der Waals surface area contributed by atoms with E-state index >= 15 is 0 Å². The largest absolute Gasteiger partial charge is 0.491 e. The van der Waals surface area contributed by atoms with Gasteiger partial charge in [-0.3, -0.25) is 10.1 Å². The lowest BCUT2D eigenvalue weighted by molar-refractivity contribution is -0.115. The maximum Gasteiger partial charge on any atom is 0.326 e. The van der Waals surface area contributed by atoms with Crippen molar-refractivity contribution in [2.45, 2.75) is 20.0 Å². The Labute approximate surface area is 160 Å². The van der Waals surface area contributed by atoms with Gasteiger partial charge in [0.15, 0.2) is 5.65 Å². The number of carbonyl (C=O) groups is 2. The number of hydrogen-bond acceptors (Lipinski definition) is 6. The normalized spacial score (nSPS) is 15.2. The SMILES string of the molecule is CC(C)Oc1ccc(Nc2ccn3ncc(/C=C4/NC(=O)NC4=O)c3n2)cc1. The van der Waals surface area contributed by atoms with Gasteiger partial charge in [-0.05, 0) is 50.3 Å². The molecule has 1 fully saturated rings. The fourth-order valence-corrected chi connectivity index (χ4v) is 2.73. The van der Waals surface area contributed by atoms with E-state index in [0.717, 1.165) is 11.4 Å². The zero-order chi connectivity index (χ0) is 19.7. The summed E-state index contributed by atoms with van der Waals surface area (Å²) in [5.74, 6) is 0.929. The first-order valence-corrected chi connectivity index (χ1v) is 8.70. The number of nitrogens with zero attached hydrogens (tertiary/aromatic N) is 3. The molecule has 4 rings (SSSR count). The van der Waals surface area contributed by atoms with Crippen molar-refractivity contribution in [2.24, 2.45) is 0 Å². The van der Waals surface area contributed by atoms with Crippen molar-refractivity contribution >= 4 is 35.2 Å². The third-order valence-corrected chi connectivity index (χ3v) is 3.91. The number of nitrogens with one attached hydrogen (secondary N) is 3. The molecule has 9 heteroatoms. The van der Waals surface area contributed by atoms with Gasteiger partial charge in [0.1, 0.15) is 17.3 Å². The highest BCUT2D eigenvalue weighted by Gasteiger charge is 2.23. The molecule has 28 heavy (non-hydrogen) atoms. The lowest BCUT2D eigenvalue weighted by atomic mass is 10.2. The molecule has 0 atom stereocenters. The zero-order valence-corrected chi connectivity index (χ0v) is 15.3. The van der Waals surface area contributed by atoms with Gasteiger partial charge in [0, 0.05) is 17.4 Å². The second kappa shape index (κ2) is 7.03. The Morgan fingerprint density at radius 2 is 1.93 bits per heavy atom. The average molecular weight is 378 g/mol. The predicted octanol–water partition coefficient (Wildman–Crippen LogP) is 2.44. The number of benzene rings is 1. The summed E-state index contributed by atoms with van der Waals surface area (Å²) in [6.07, 6.45) is 4.99. The number of fused-ring (bicyclic) bond motifs is 1. The van der Waals surface area contributed by atoms with E-state index in [1.807, 2.05) is 38.1 Å². The zero-order valence-electron chi connectivity index (χ0n) is 15.3. The molecule has 9 nitrogen and oxygen atoms in total. The number of anilines is 2. The molecule has 0 spiro atoms. The number of ether oxygens (including phenoxy) is 1. The number of urea groups is 1. The van der Waals surface area contributed by atoms with Crippen LogP contribution < -0.4 is 20.7 Å². The fourth-order valence-electron chi connectivity index (χ4n) is 2.73. The van der Waals surface area contributed by atoms with Crippen LogP contribution in [0.3, 0.4) is 0 Å². The Kier molecular flexibility index (Phi) is 4.40. The molecule has 3 amide bonds. The molecule has 3 heterocycles. The van der Waals surface area contributed by atoms with Crippen LogP contribution in [0.4, 0.5) is 16.3 Å². The van der Waals surface area contributed by atoms with Crippen molar-refractivity contribution in [2.75, 3.05) is 5.32 Å². The minimum atomic E-state index is -0.548. The van der Waals surface area contributed by atoms with E-state index in [1.54, 1.807) is 23.0 Å². The van der Waals surface area contributed by atoms with Gasteiger partial charge in [-0.2, -0.15) is 5.10 Å². The molecule has 0 aliphatic carbocycles. The van der Waals surface area contributed by atoms with Gasteiger partial charge in [-0.1, -0.05) is 0 Å². The monoisotopic (exact) mass is 378 g/mol. The number of hydrogen-bond donors (Lipinski definition) is 3. The van der Waals surface area contributed by atoms with Gasteiger partial charge in [0.05, 0.1) is 12.3 Å². The van der Waals surface area contributed by atoms with E-state index in [9.17, 15) is 9.59 Å². The van der Waals surface area contributed by atoms with Gasteiger partial charge < -0.3 is 15.4 Å². The fraction of sp³-hybridized carbons (Fsp3) is 0.158. The van der Waals surface area contributed by atoms with E-state index in [2.05, 4.69) is 26.0 Å². The molecule has 2 aromatic heterocycles. The van der Waals surface area contributed by atoms with Crippen LogP contribution in [0.5, 0.6) is 5.75 Å². The minimum absolute atomic E-state index is 0.115. The van der Waals surface area contributed by atoms with Crippen LogP contribution >= 0.6 is 0 Å². The van der Waals surface area contributed by atoms with Gasteiger partial charge in [0.2, 0.25) is 0 Å². The molecule has 0 bridgehead atoms. The van der Waals surface area contributed by atoms with Crippen LogP contribution in [0.1, 0.15) is 19.4 Å². The molecule has 1 aliphatic heterocycles. The van der Waals surface area contributed by atoms with E-state index in [1.165, 1.54) is 6.08 Å². The summed E-state index contributed by atoms with van der Waals surface area (Å²) in [6, 6.07) is 8.82. The summed E-state index contributed by atoms with van der Waals surface area (Å²) >= 11 is 0. The Morgan fingerprint density at radius 1 is 1.14 bits per heavy atom. The molecule has 0 radical (unpaired) electrons. The summed E-state index contributed by atoms with van der Waals surface area (Å²) in [5.41, 5.74) is 2.17. The van der Waals surface area contributed by atoms with Gasteiger partial charge in [-0.15, -0.1) is 0 Å². The van der Waals surface area contributed by atoms with Crippen LogP contribution in [-0.4, -0.2) is 32.6 Å². The maximum atomic E-state index is 11.7. The van der Waals surface area contributed by atoms with E-state index in [0.29, 0.717) is 17.0 Å². The number of rotatable bonds is 5. The summed E-state index contributed by atoms with van der Waals surface area (Å²) in [4.78, 5) is 27.5. The number of carbonyl (C=O) groups excluding carboxylic acids is 2. The first-order valence-electron chi connectivity index (χ1n) is 8.70. The molecule has 3 aromatic rings. The Hall–Kier alpha value is -3.88. The Morgan fingerprint density at radius 3 is 2.61 bits per heavy atom. The lowest BCUT2D eigenvalue weighted by Gasteiger charge is -2.11. The van der Waals surface area contributed by atoms with Gasteiger partial charge >= 0.3 is 6.03 Å². The van der Waals surface area contributed by atoms with Crippen molar-refractivity contribution in [3.05, 3.63) is 54.0 Å². The Balaban J connectivity index is 1.58. The Bertz CT molecular complexity index is 1080. The van der Waals surface area contributed by atoms with Crippen LogP contribution in [0.2, 0.25) is 0 Å². The molecule has 1 aliphatic rings. The maximum absolute atomic E-state index is 11.7. The summed E-state index contributed by atoms with van der Waals surface area (Å²) < 4.78 is 7.23. The van der Waals surface area contributed by atoms with Gasteiger partial charge in [0.25, 0.3) is 5.91 Å². The topological polar surface area (TPSA) is 110 Å². The van der Waals surface area contributed by atoms with Crippen LogP contribution in [0.25, 0.3) is 11.7 Å². The predicted molar refractivity (Wildman–Crippen MR) is 103 cm³/mol. The van der Waals surface area contributed by atoms with Crippen LogP contribution in [-0.2, 0) is 4.79 Å². The summed E-state index contributed by atoms with van der Waals surface area (Å²) in [6.45, 7) is 3.95. The van der Waals surface area contributed by atoms with Crippen molar-refractivity contribution in [1.82, 2.24) is 25.2 Å². The molecule has 142 valence electrons. The van der Waals surface area contributed by atoms with Crippen molar-refractivity contribution in [3.8, 4) is 5.75 Å². The number of aromatic nitrogens is 3. The van der Waals surface area contributed by atoms with E-state index < -0.39 is 11.9 Å². The summed E-state index contributed by atoms with van der Waals surface area (Å²) in [7, 11) is 0. The van der Waals surface area contributed by atoms with E-state index in [4.69, 9.17) is 4.74 Å². The van der Waals surface area contributed by atoms with E-state index in [-0.39, 0.29) is 11.8 Å². The second-order valence-electron chi connectivity index (χ2n) is 6.46. The highest BCUT2D eigenvalue weighted by Crippen LogP contribution is 2.21. The molecule has 1 saturated heterocycles. The highest BCUT2D eigenvalue weighted by atomic mass is 16.5. The van der Waals surface area contributed by atoms with Crippen molar-refractivity contribution < 1.29 is 14.3 Å². The number of imide groups is 1. The minimum Gasteiger partial charge on any atom is -0.491 e. The molecule has 1 aromatic carbocycles. The smallest absolute Gasteiger partial charge is 0.326 e. The number of amides is 3. The molecular formula is C19H18N6O3. The molecule has 0 saturated carbocycles. The molecule has 0 unspecified atom stereocenters. The summed E-state index contributed by atoms with van der Waals surface area (Å²) in [5, 5.41) is 12.0. The molecular weight excluding hydrogens is 360 g/mol.